The number of benzene rings is 1. The van der Waals surface area contributed by atoms with Crippen LogP contribution in [0, 0.1) is 0 Å². The number of hydrogen-bond donors (Lipinski definition) is 2. The second-order valence-corrected chi connectivity index (χ2v) is 6.53. The summed E-state index contributed by atoms with van der Waals surface area (Å²) in [6, 6.07) is 8.94. The molecule has 1 aromatic carbocycles. The molecule has 0 fully saturated rings. The molecule has 0 saturated heterocycles. The van der Waals surface area contributed by atoms with Crippen molar-refractivity contribution in [1.82, 2.24) is 5.32 Å². The van der Waals surface area contributed by atoms with Gasteiger partial charge in [0.15, 0.2) is 0 Å². The van der Waals surface area contributed by atoms with E-state index in [4.69, 9.17) is 5.73 Å². The Morgan fingerprint density at radius 1 is 1.00 bits per heavy atom. The molecule has 18 heavy (non-hydrogen) atoms. The van der Waals surface area contributed by atoms with E-state index in [9.17, 15) is 0 Å². The Labute approximate surface area is 112 Å². The van der Waals surface area contributed by atoms with Gasteiger partial charge in [-0.05, 0) is 31.4 Å². The number of hydrogen-bond acceptors (Lipinski definition) is 2. The van der Waals surface area contributed by atoms with Crippen LogP contribution in [0.1, 0.15) is 45.7 Å². The van der Waals surface area contributed by atoms with Crippen LogP contribution >= 0.6 is 0 Å². The van der Waals surface area contributed by atoms with Crippen LogP contribution in [0.25, 0.3) is 0 Å². The highest BCUT2D eigenvalue weighted by Gasteiger charge is 2.21. The fourth-order valence-corrected chi connectivity index (χ4v) is 1.99. The molecule has 0 aliphatic heterocycles. The van der Waals surface area contributed by atoms with Crippen molar-refractivity contribution >= 4 is 0 Å². The summed E-state index contributed by atoms with van der Waals surface area (Å²) in [7, 11) is 0. The van der Waals surface area contributed by atoms with Gasteiger partial charge in [0.25, 0.3) is 0 Å². The van der Waals surface area contributed by atoms with Crippen LogP contribution in [0.4, 0.5) is 0 Å². The number of rotatable bonds is 6. The average molecular weight is 248 g/mol. The fraction of sp³-hybridized carbons (Fsp3) is 0.625. The molecule has 0 bridgehead atoms. The van der Waals surface area contributed by atoms with Crippen molar-refractivity contribution in [2.45, 2.75) is 52.0 Å². The first-order valence-electron chi connectivity index (χ1n) is 6.83. The summed E-state index contributed by atoms with van der Waals surface area (Å²) in [5.41, 5.74) is 8.74. The molecule has 0 radical (unpaired) electrons. The van der Waals surface area contributed by atoms with Gasteiger partial charge >= 0.3 is 0 Å². The summed E-state index contributed by atoms with van der Waals surface area (Å²) < 4.78 is 0. The van der Waals surface area contributed by atoms with E-state index in [-0.39, 0.29) is 11.0 Å². The van der Waals surface area contributed by atoms with Crippen LogP contribution in [-0.4, -0.2) is 18.6 Å². The molecule has 0 atom stereocenters. The topological polar surface area (TPSA) is 38.0 Å². The molecule has 1 rings (SSSR count). The lowest BCUT2D eigenvalue weighted by Crippen LogP contribution is -2.46. The van der Waals surface area contributed by atoms with Crippen LogP contribution in [-0.2, 0) is 11.8 Å². The molecular formula is C16H28N2. The van der Waals surface area contributed by atoms with Crippen LogP contribution in [0.2, 0.25) is 0 Å². The molecule has 0 saturated carbocycles. The molecule has 0 aliphatic rings. The first kappa shape index (κ1) is 15.2. The molecule has 0 aliphatic carbocycles. The molecule has 102 valence electrons. The minimum Gasteiger partial charge on any atom is -0.324 e. The van der Waals surface area contributed by atoms with Gasteiger partial charge in [-0.25, -0.2) is 0 Å². The first-order chi connectivity index (χ1) is 8.24. The van der Waals surface area contributed by atoms with Gasteiger partial charge in [0.2, 0.25) is 0 Å². The van der Waals surface area contributed by atoms with Gasteiger partial charge < -0.3 is 11.1 Å². The summed E-state index contributed by atoms with van der Waals surface area (Å²) in [5.74, 6) is 0. The SMILES string of the molecule is CCc1ccc(C(C)(C)CNCC(C)(C)N)cc1. The van der Waals surface area contributed by atoms with E-state index >= 15 is 0 Å². The van der Waals surface area contributed by atoms with E-state index in [1.807, 2.05) is 13.8 Å². The largest absolute Gasteiger partial charge is 0.324 e. The zero-order valence-electron chi connectivity index (χ0n) is 12.5. The van der Waals surface area contributed by atoms with E-state index in [1.54, 1.807) is 0 Å². The summed E-state index contributed by atoms with van der Waals surface area (Å²) in [5, 5.41) is 3.47. The third-order valence-corrected chi connectivity index (χ3v) is 3.29. The summed E-state index contributed by atoms with van der Waals surface area (Å²) in [4.78, 5) is 0. The van der Waals surface area contributed by atoms with E-state index in [0.717, 1.165) is 19.5 Å². The van der Waals surface area contributed by atoms with Gasteiger partial charge in [-0.3, -0.25) is 0 Å². The number of aryl methyl sites for hydroxylation is 1. The van der Waals surface area contributed by atoms with Gasteiger partial charge in [0.05, 0.1) is 0 Å². The molecule has 2 nitrogen and oxygen atoms in total. The zero-order valence-corrected chi connectivity index (χ0v) is 12.5. The normalized spacial score (nSPS) is 12.8. The molecule has 0 spiro atoms. The van der Waals surface area contributed by atoms with Crippen molar-refractivity contribution in [1.29, 1.82) is 0 Å². The van der Waals surface area contributed by atoms with Crippen molar-refractivity contribution in [3.63, 3.8) is 0 Å². The highest BCUT2D eigenvalue weighted by Crippen LogP contribution is 2.22. The second-order valence-electron chi connectivity index (χ2n) is 6.53. The lowest BCUT2D eigenvalue weighted by molar-refractivity contribution is 0.411. The van der Waals surface area contributed by atoms with Gasteiger partial charge in [-0.2, -0.15) is 0 Å². The Hall–Kier alpha value is -0.860. The Morgan fingerprint density at radius 2 is 1.56 bits per heavy atom. The molecule has 0 amide bonds. The Balaban J connectivity index is 2.61. The fourth-order valence-electron chi connectivity index (χ4n) is 1.99. The van der Waals surface area contributed by atoms with E-state index < -0.39 is 0 Å². The maximum atomic E-state index is 5.98. The molecule has 1 aromatic rings. The molecule has 0 aromatic heterocycles. The van der Waals surface area contributed by atoms with Gasteiger partial charge in [-0.15, -0.1) is 0 Å². The van der Waals surface area contributed by atoms with E-state index in [2.05, 4.69) is 50.4 Å². The quantitative estimate of drug-likeness (QED) is 0.812. The lowest BCUT2D eigenvalue weighted by atomic mass is 9.84. The third-order valence-electron chi connectivity index (χ3n) is 3.29. The minimum atomic E-state index is -0.151. The summed E-state index contributed by atoms with van der Waals surface area (Å²) in [6.07, 6.45) is 1.10. The molecule has 3 N–H and O–H groups in total. The Kier molecular flexibility index (Phi) is 4.94. The van der Waals surface area contributed by atoms with Crippen LogP contribution in [0.5, 0.6) is 0 Å². The maximum absolute atomic E-state index is 5.98. The number of nitrogens with two attached hydrogens (primary N) is 1. The molecule has 0 heterocycles. The monoisotopic (exact) mass is 248 g/mol. The summed E-state index contributed by atoms with van der Waals surface area (Å²) in [6.45, 7) is 12.6. The predicted molar refractivity (Wildman–Crippen MR) is 80.0 cm³/mol. The highest BCUT2D eigenvalue weighted by molar-refractivity contribution is 5.28. The van der Waals surface area contributed by atoms with Gasteiger partial charge in [0, 0.05) is 24.0 Å². The zero-order chi connectivity index (χ0) is 13.8. The molecule has 0 unspecified atom stereocenters. The summed E-state index contributed by atoms with van der Waals surface area (Å²) >= 11 is 0. The third kappa shape index (κ3) is 4.79. The minimum absolute atomic E-state index is 0.136. The van der Waals surface area contributed by atoms with Crippen LogP contribution in [0.15, 0.2) is 24.3 Å². The van der Waals surface area contributed by atoms with E-state index in [1.165, 1.54) is 11.1 Å². The molecular weight excluding hydrogens is 220 g/mol. The van der Waals surface area contributed by atoms with E-state index in [0.29, 0.717) is 0 Å². The maximum Gasteiger partial charge on any atom is 0.0223 e. The van der Waals surface area contributed by atoms with Crippen molar-refractivity contribution < 1.29 is 0 Å². The Morgan fingerprint density at radius 3 is 2.00 bits per heavy atom. The highest BCUT2D eigenvalue weighted by atomic mass is 14.9. The second kappa shape index (κ2) is 5.85. The van der Waals surface area contributed by atoms with Crippen molar-refractivity contribution in [2.24, 2.45) is 5.73 Å². The Bertz CT molecular complexity index is 358. The smallest absolute Gasteiger partial charge is 0.0223 e. The standard InChI is InChI=1S/C16H28N2/c1-6-13-7-9-14(10-8-13)15(2,3)11-18-12-16(4,5)17/h7-10,18H,6,11-12,17H2,1-5H3. The number of nitrogens with one attached hydrogen (secondary N) is 1. The van der Waals surface area contributed by atoms with Crippen molar-refractivity contribution in [3.05, 3.63) is 35.4 Å². The van der Waals surface area contributed by atoms with Gasteiger partial charge in [-0.1, -0.05) is 45.0 Å². The van der Waals surface area contributed by atoms with Crippen LogP contribution in [0.3, 0.4) is 0 Å². The average Bonchev–Trinajstić information content (AvgIpc) is 2.27. The van der Waals surface area contributed by atoms with Gasteiger partial charge in [0.1, 0.15) is 0 Å². The van der Waals surface area contributed by atoms with Crippen molar-refractivity contribution in [3.8, 4) is 0 Å². The molecule has 2 heteroatoms. The van der Waals surface area contributed by atoms with Crippen molar-refractivity contribution in [2.75, 3.05) is 13.1 Å². The predicted octanol–water partition coefficient (Wildman–Crippen LogP) is 2.85. The lowest BCUT2D eigenvalue weighted by Gasteiger charge is -2.28. The first-order valence-corrected chi connectivity index (χ1v) is 6.83. The van der Waals surface area contributed by atoms with Crippen LogP contribution < -0.4 is 11.1 Å².